The Labute approximate surface area is 124 Å². The summed E-state index contributed by atoms with van der Waals surface area (Å²) < 4.78 is 15.4. The van der Waals surface area contributed by atoms with Crippen molar-refractivity contribution < 1.29 is 6.15 Å². The van der Waals surface area contributed by atoms with Gasteiger partial charge < -0.3 is 0 Å². The molecule has 0 unspecified atom stereocenters. The Bertz CT molecular complexity index is 249. The molecule has 2 saturated heterocycles. The summed E-state index contributed by atoms with van der Waals surface area (Å²) in [5.74, 6) is 0. The van der Waals surface area contributed by atoms with Crippen molar-refractivity contribution >= 4 is 19.2 Å². The van der Waals surface area contributed by atoms with E-state index in [-0.39, 0.29) is 0 Å². The summed E-state index contributed by atoms with van der Waals surface area (Å²) in [4.78, 5) is 2.57. The van der Waals surface area contributed by atoms with E-state index in [1.165, 1.54) is 60.5 Å². The van der Waals surface area contributed by atoms with Crippen LogP contribution in [0, 0.1) is 0 Å². The number of hydrogen-bond donors (Lipinski definition) is 0. The molecule has 19 heavy (non-hydrogen) atoms. The second-order valence-electron chi connectivity index (χ2n) is 6.18. The molecule has 1 atom stereocenters. The minimum absolute atomic E-state index is 0.391. The molecule has 0 saturated carbocycles. The van der Waals surface area contributed by atoms with Crippen LogP contribution in [0.15, 0.2) is 0 Å². The van der Waals surface area contributed by atoms with Crippen molar-refractivity contribution in [2.75, 3.05) is 26.2 Å². The van der Waals surface area contributed by atoms with Gasteiger partial charge in [0.1, 0.15) is 0 Å². The van der Waals surface area contributed by atoms with Gasteiger partial charge in [-0.1, -0.05) is 0 Å². The van der Waals surface area contributed by atoms with E-state index in [1.54, 1.807) is 0 Å². The Kier molecular flexibility index (Phi) is 6.93. The predicted molar refractivity (Wildman–Crippen MR) is 81.7 cm³/mol. The van der Waals surface area contributed by atoms with Crippen LogP contribution in [-0.2, 0) is 6.15 Å². The quantitative estimate of drug-likeness (QED) is 0.605. The van der Waals surface area contributed by atoms with Gasteiger partial charge in [0, 0.05) is 0 Å². The Morgan fingerprint density at radius 1 is 1.05 bits per heavy atom. The van der Waals surface area contributed by atoms with Crippen molar-refractivity contribution in [2.45, 2.75) is 67.3 Å². The maximum absolute atomic E-state index is 6.56. The Balaban J connectivity index is 1.82. The number of hydrogen-bond acceptors (Lipinski definition) is 3. The van der Waals surface area contributed by atoms with E-state index in [4.69, 9.17) is 6.15 Å². The summed E-state index contributed by atoms with van der Waals surface area (Å²) >= 11 is -2.65. The first-order valence-electron chi connectivity index (χ1n) is 8.32. The number of likely N-dealkylation sites (tertiary alicyclic amines) is 1. The van der Waals surface area contributed by atoms with Gasteiger partial charge in [0.25, 0.3) is 0 Å². The van der Waals surface area contributed by atoms with E-state index in [9.17, 15) is 0 Å². The van der Waals surface area contributed by atoms with Crippen LogP contribution in [0.3, 0.4) is 0 Å². The van der Waals surface area contributed by atoms with Crippen LogP contribution in [0.1, 0.15) is 52.4 Å². The summed E-state index contributed by atoms with van der Waals surface area (Å²) in [6, 6.07) is 0. The SMILES string of the molecule is CCC[CH2][Sn]1([CH2]CCC)[O]C[C@H](CN2CCCC2)[O]1. The zero-order valence-corrected chi connectivity index (χ0v) is 15.7. The van der Waals surface area contributed by atoms with Gasteiger partial charge in [-0.05, 0) is 0 Å². The Morgan fingerprint density at radius 2 is 1.68 bits per heavy atom. The molecule has 3 nitrogen and oxygen atoms in total. The molecule has 2 fully saturated rings. The summed E-state index contributed by atoms with van der Waals surface area (Å²) in [7, 11) is 0. The molecule has 0 N–H and O–H groups in total. The van der Waals surface area contributed by atoms with Crippen molar-refractivity contribution in [3.05, 3.63) is 0 Å². The van der Waals surface area contributed by atoms with E-state index >= 15 is 0 Å². The van der Waals surface area contributed by atoms with E-state index < -0.39 is 19.2 Å². The summed E-state index contributed by atoms with van der Waals surface area (Å²) in [5.41, 5.74) is 0. The van der Waals surface area contributed by atoms with Crippen LogP contribution in [-0.4, -0.2) is 56.5 Å². The molecule has 0 aliphatic carbocycles. The monoisotopic (exact) mass is 377 g/mol. The standard InChI is InChI=1S/C7H13NO2.2C4H9.Sn/c9-6-7(10)5-8-3-1-2-4-8;2*1-3-4-2;/h7H,1-6H2;2*1,3-4H2,2H3;/q-2;;;+2/t7-;;;/m0.../s1. The number of nitrogens with zero attached hydrogens (tertiary/aromatic N) is 1. The molecule has 0 spiro atoms. The molecule has 2 rings (SSSR count). The van der Waals surface area contributed by atoms with Crippen molar-refractivity contribution in [3.8, 4) is 0 Å². The average molecular weight is 376 g/mol. The van der Waals surface area contributed by atoms with Crippen LogP contribution < -0.4 is 0 Å². The molecular formula is C15H31NO2Sn. The van der Waals surface area contributed by atoms with Gasteiger partial charge in [0.05, 0.1) is 0 Å². The molecule has 0 aromatic carbocycles. The fourth-order valence-electron chi connectivity index (χ4n) is 3.24. The van der Waals surface area contributed by atoms with E-state index in [0.717, 1.165) is 13.2 Å². The molecule has 2 aliphatic rings. The van der Waals surface area contributed by atoms with Gasteiger partial charge in [-0.25, -0.2) is 0 Å². The molecule has 112 valence electrons. The van der Waals surface area contributed by atoms with Gasteiger partial charge in [-0.15, -0.1) is 0 Å². The van der Waals surface area contributed by atoms with Crippen LogP contribution in [0.25, 0.3) is 0 Å². The van der Waals surface area contributed by atoms with Crippen LogP contribution in [0.2, 0.25) is 8.87 Å². The normalized spacial score (nSPS) is 27.2. The van der Waals surface area contributed by atoms with Crippen LogP contribution in [0.5, 0.6) is 0 Å². The summed E-state index contributed by atoms with van der Waals surface area (Å²) in [5, 5.41) is 0. The molecule has 2 heterocycles. The Morgan fingerprint density at radius 3 is 2.26 bits per heavy atom. The zero-order chi connectivity index (χ0) is 13.6. The summed E-state index contributed by atoms with van der Waals surface area (Å²) in [6.45, 7) is 9.10. The minimum atomic E-state index is -2.65. The topological polar surface area (TPSA) is 21.7 Å². The predicted octanol–water partition coefficient (Wildman–Crippen LogP) is 3.54. The summed E-state index contributed by atoms with van der Waals surface area (Å²) in [6.07, 6.45) is 8.28. The molecular weight excluding hydrogens is 345 g/mol. The average Bonchev–Trinajstić information content (AvgIpc) is 3.06. The van der Waals surface area contributed by atoms with E-state index in [2.05, 4.69) is 18.7 Å². The molecule has 0 radical (unpaired) electrons. The molecule has 2 aliphatic heterocycles. The maximum atomic E-state index is 6.56. The third kappa shape index (κ3) is 4.87. The van der Waals surface area contributed by atoms with Gasteiger partial charge >= 0.3 is 124 Å². The zero-order valence-electron chi connectivity index (χ0n) is 12.8. The molecule has 0 aromatic rings. The fraction of sp³-hybridized carbons (Fsp3) is 1.00. The molecule has 0 bridgehead atoms. The van der Waals surface area contributed by atoms with Gasteiger partial charge in [0.15, 0.2) is 0 Å². The van der Waals surface area contributed by atoms with Gasteiger partial charge in [-0.2, -0.15) is 0 Å². The van der Waals surface area contributed by atoms with Crippen molar-refractivity contribution in [3.63, 3.8) is 0 Å². The second kappa shape index (κ2) is 8.20. The van der Waals surface area contributed by atoms with Gasteiger partial charge in [0.2, 0.25) is 0 Å². The van der Waals surface area contributed by atoms with Crippen LogP contribution in [0.4, 0.5) is 0 Å². The van der Waals surface area contributed by atoms with Gasteiger partial charge in [-0.3, -0.25) is 0 Å². The Hall–Kier alpha value is 0.679. The van der Waals surface area contributed by atoms with Crippen molar-refractivity contribution in [1.82, 2.24) is 4.90 Å². The third-order valence-corrected chi connectivity index (χ3v) is 14.9. The fourth-order valence-corrected chi connectivity index (χ4v) is 14.3. The third-order valence-electron chi connectivity index (χ3n) is 4.40. The van der Waals surface area contributed by atoms with Crippen molar-refractivity contribution in [2.24, 2.45) is 0 Å². The first kappa shape index (κ1) is 16.1. The first-order valence-corrected chi connectivity index (χ1v) is 14.7. The van der Waals surface area contributed by atoms with E-state index in [0.29, 0.717) is 6.10 Å². The van der Waals surface area contributed by atoms with E-state index in [1.807, 2.05) is 0 Å². The first-order chi connectivity index (χ1) is 9.28. The second-order valence-corrected chi connectivity index (χ2v) is 15.7. The number of rotatable bonds is 8. The molecule has 4 heteroatoms. The van der Waals surface area contributed by atoms with Crippen LogP contribution >= 0.6 is 0 Å². The number of unbranched alkanes of at least 4 members (excludes halogenated alkanes) is 2. The molecule has 0 amide bonds. The molecule has 0 aromatic heterocycles. The van der Waals surface area contributed by atoms with Crippen molar-refractivity contribution in [1.29, 1.82) is 0 Å².